The van der Waals surface area contributed by atoms with Crippen molar-refractivity contribution in [1.29, 1.82) is 0 Å². The van der Waals surface area contributed by atoms with E-state index in [1.165, 1.54) is 12.8 Å². The third kappa shape index (κ3) is 8.03. The second-order valence-corrected chi connectivity index (χ2v) is 9.75. The summed E-state index contributed by atoms with van der Waals surface area (Å²) in [6, 6.07) is 10.1. The molecule has 0 radical (unpaired) electrons. The number of ether oxygens (including phenoxy) is 1. The minimum Gasteiger partial charge on any atom is -0.483 e. The van der Waals surface area contributed by atoms with Crippen LogP contribution in [0.3, 0.4) is 0 Å². The van der Waals surface area contributed by atoms with Crippen molar-refractivity contribution in [3.8, 4) is 0 Å². The molecule has 0 aromatic heterocycles. The topological polar surface area (TPSA) is 75.6 Å². The molecule has 10 heteroatoms. The molecule has 0 spiro atoms. The fraction of sp³-hybridized carbons (Fsp3) is 0.440. The Bertz CT molecular complexity index is 1010. The fourth-order valence-corrected chi connectivity index (χ4v) is 4.47. The van der Waals surface area contributed by atoms with Crippen molar-refractivity contribution >= 4 is 34.0 Å². The van der Waals surface area contributed by atoms with Crippen molar-refractivity contribution in [3.05, 3.63) is 63.9 Å². The van der Waals surface area contributed by atoms with Gasteiger partial charge in [0.15, 0.2) is 0 Å². The lowest BCUT2D eigenvalue weighted by Crippen LogP contribution is -2.35. The van der Waals surface area contributed by atoms with Crippen LogP contribution in [0.4, 0.5) is 23.2 Å². The van der Waals surface area contributed by atoms with Crippen LogP contribution in [0.5, 0.6) is 0 Å². The third-order valence-corrected chi connectivity index (χ3v) is 6.72. The number of carboxylic acid groups (broad SMARTS) is 1. The highest BCUT2D eigenvalue weighted by Gasteiger charge is 2.36. The van der Waals surface area contributed by atoms with Gasteiger partial charge >= 0.3 is 6.18 Å². The van der Waals surface area contributed by atoms with E-state index in [2.05, 4.69) is 21.2 Å². The predicted octanol–water partition coefficient (Wildman–Crippen LogP) is 6.63. The van der Waals surface area contributed by atoms with Gasteiger partial charge in [-0.25, -0.2) is 4.39 Å². The molecule has 2 aromatic rings. The van der Waals surface area contributed by atoms with E-state index in [-0.39, 0.29) is 24.2 Å². The lowest BCUT2D eigenvalue weighted by Gasteiger charge is -2.34. The van der Waals surface area contributed by atoms with E-state index in [9.17, 15) is 22.4 Å². The van der Waals surface area contributed by atoms with Gasteiger partial charge in [0.2, 0.25) is 5.91 Å². The van der Waals surface area contributed by atoms with E-state index in [1.54, 1.807) is 0 Å². The summed E-state index contributed by atoms with van der Waals surface area (Å²) >= 11 is 3.43. The van der Waals surface area contributed by atoms with Gasteiger partial charge in [0.1, 0.15) is 5.82 Å². The quantitative estimate of drug-likeness (QED) is 0.308. The number of benzene rings is 2. The third-order valence-electron chi connectivity index (χ3n) is 6.19. The molecule has 2 aromatic carbocycles. The first-order chi connectivity index (χ1) is 16.6. The minimum atomic E-state index is -4.64. The largest absolute Gasteiger partial charge is 0.483 e. The van der Waals surface area contributed by atoms with Gasteiger partial charge in [-0.15, -0.1) is 0 Å². The maximum absolute atomic E-state index is 14.2. The van der Waals surface area contributed by atoms with E-state index in [1.807, 2.05) is 24.3 Å². The molecule has 2 N–H and O–H groups in total. The lowest BCUT2D eigenvalue weighted by atomic mass is 9.76. The van der Waals surface area contributed by atoms with Crippen molar-refractivity contribution in [2.24, 2.45) is 11.8 Å². The SMILES string of the molecule is O=C(Nc1ccc(C(F)(F)F)cc1F)C1CC(OCC2CC2)CC(c2ccc(Br)cc2)C1.O=CO. The highest BCUT2D eigenvalue weighted by atomic mass is 79.9. The van der Waals surface area contributed by atoms with E-state index in [0.29, 0.717) is 31.4 Å². The van der Waals surface area contributed by atoms with Gasteiger partial charge in [0.05, 0.1) is 17.4 Å². The number of halogens is 5. The number of hydrogen-bond donors (Lipinski definition) is 2. The zero-order valence-corrected chi connectivity index (χ0v) is 20.3. The van der Waals surface area contributed by atoms with Crippen LogP contribution in [-0.2, 0) is 20.5 Å². The first-order valence-electron chi connectivity index (χ1n) is 11.2. The van der Waals surface area contributed by atoms with E-state index < -0.39 is 29.4 Å². The summed E-state index contributed by atoms with van der Waals surface area (Å²) < 4.78 is 59.7. The Kier molecular flexibility index (Phi) is 9.29. The first-order valence-corrected chi connectivity index (χ1v) is 12.0. The Morgan fingerprint density at radius 2 is 1.77 bits per heavy atom. The number of carbonyl (C=O) groups is 2. The molecule has 0 saturated heterocycles. The highest BCUT2D eigenvalue weighted by Crippen LogP contribution is 2.40. The zero-order valence-electron chi connectivity index (χ0n) is 18.7. The van der Waals surface area contributed by atoms with Gasteiger partial charge in [-0.05, 0) is 79.8 Å². The molecule has 2 aliphatic rings. The summed E-state index contributed by atoms with van der Waals surface area (Å²) in [6.07, 6.45) is -0.526. The molecular formula is C25H26BrF4NO4. The van der Waals surface area contributed by atoms with Crippen LogP contribution in [0.2, 0.25) is 0 Å². The van der Waals surface area contributed by atoms with Crippen LogP contribution < -0.4 is 5.32 Å². The highest BCUT2D eigenvalue weighted by molar-refractivity contribution is 9.10. The van der Waals surface area contributed by atoms with Crippen molar-refractivity contribution in [1.82, 2.24) is 0 Å². The molecule has 2 fully saturated rings. The van der Waals surface area contributed by atoms with Crippen molar-refractivity contribution in [2.45, 2.75) is 50.3 Å². The molecule has 2 saturated carbocycles. The predicted molar refractivity (Wildman–Crippen MR) is 125 cm³/mol. The van der Waals surface area contributed by atoms with Crippen LogP contribution in [0, 0.1) is 17.7 Å². The number of amides is 1. The van der Waals surface area contributed by atoms with Gasteiger partial charge in [-0.1, -0.05) is 28.1 Å². The number of hydrogen-bond acceptors (Lipinski definition) is 3. The van der Waals surface area contributed by atoms with Crippen LogP contribution in [-0.4, -0.2) is 30.2 Å². The summed E-state index contributed by atoms with van der Waals surface area (Å²) in [5.74, 6) is -1.23. The molecular weight excluding hydrogens is 534 g/mol. The average Bonchev–Trinajstić information content (AvgIpc) is 3.64. The smallest absolute Gasteiger partial charge is 0.416 e. The summed E-state index contributed by atoms with van der Waals surface area (Å²) in [6.45, 7) is 0.430. The number of alkyl halides is 3. The van der Waals surface area contributed by atoms with E-state index >= 15 is 0 Å². The van der Waals surface area contributed by atoms with Gasteiger partial charge in [-0.3, -0.25) is 9.59 Å². The standard InChI is InChI=1S/C24H24BrF4NO2.CH2O2/c25-19-6-3-15(4-7-19)16-9-17(11-20(10-16)32-13-14-1-2-14)23(31)30-22-8-5-18(12-21(22)26)24(27,28)29;2-1-3/h3-8,12,14,16-17,20H,1-2,9-11,13H2,(H,30,31);1H,(H,2,3). The number of anilines is 1. The molecule has 3 atom stereocenters. The Morgan fingerprint density at radius 1 is 1.11 bits per heavy atom. The van der Waals surface area contributed by atoms with Crippen LogP contribution >= 0.6 is 15.9 Å². The monoisotopic (exact) mass is 559 g/mol. The van der Waals surface area contributed by atoms with Crippen LogP contribution in [0.15, 0.2) is 46.9 Å². The number of nitrogens with one attached hydrogen (secondary N) is 1. The lowest BCUT2D eigenvalue weighted by molar-refractivity contribution is -0.137. The Labute approximate surface area is 209 Å². The zero-order chi connectivity index (χ0) is 25.6. The molecule has 0 bridgehead atoms. The fourth-order valence-electron chi connectivity index (χ4n) is 4.21. The molecule has 190 valence electrons. The molecule has 3 unspecified atom stereocenters. The first kappa shape index (κ1) is 27.1. The normalized spacial score (nSPS) is 22.0. The summed E-state index contributed by atoms with van der Waals surface area (Å²) in [5, 5.41) is 9.38. The van der Waals surface area contributed by atoms with Crippen LogP contribution in [0.1, 0.15) is 49.1 Å². The molecule has 35 heavy (non-hydrogen) atoms. The van der Waals surface area contributed by atoms with Crippen molar-refractivity contribution in [2.75, 3.05) is 11.9 Å². The van der Waals surface area contributed by atoms with Crippen LogP contribution in [0.25, 0.3) is 0 Å². The van der Waals surface area contributed by atoms with E-state index in [0.717, 1.165) is 28.6 Å². The van der Waals surface area contributed by atoms with Gasteiger partial charge in [0, 0.05) is 17.0 Å². The second-order valence-electron chi connectivity index (χ2n) is 8.84. The molecule has 2 aliphatic carbocycles. The number of rotatable bonds is 6. The van der Waals surface area contributed by atoms with Gasteiger partial charge < -0.3 is 15.2 Å². The molecule has 0 heterocycles. The maximum Gasteiger partial charge on any atom is 0.416 e. The van der Waals surface area contributed by atoms with Gasteiger partial charge in [-0.2, -0.15) is 13.2 Å². The maximum atomic E-state index is 14.2. The Morgan fingerprint density at radius 3 is 2.34 bits per heavy atom. The number of carbonyl (C=O) groups excluding carboxylic acids is 1. The molecule has 4 rings (SSSR count). The average molecular weight is 560 g/mol. The van der Waals surface area contributed by atoms with Crippen molar-refractivity contribution in [3.63, 3.8) is 0 Å². The molecule has 0 aliphatic heterocycles. The van der Waals surface area contributed by atoms with Crippen molar-refractivity contribution < 1.29 is 37.0 Å². The van der Waals surface area contributed by atoms with E-state index in [4.69, 9.17) is 14.6 Å². The summed E-state index contributed by atoms with van der Waals surface area (Å²) in [7, 11) is 0. The second kappa shape index (κ2) is 12.0. The molecule has 5 nitrogen and oxygen atoms in total. The minimum absolute atomic E-state index is 0.0915. The summed E-state index contributed by atoms with van der Waals surface area (Å²) in [4.78, 5) is 21.3. The Balaban J connectivity index is 0.00000108. The Hall–Kier alpha value is -2.46. The summed E-state index contributed by atoms with van der Waals surface area (Å²) in [5.41, 5.74) is -0.231. The molecule has 1 amide bonds. The van der Waals surface area contributed by atoms with Gasteiger partial charge in [0.25, 0.3) is 6.47 Å².